The summed E-state index contributed by atoms with van der Waals surface area (Å²) < 4.78 is 1.95. The standard InChI is InChI=1S/C23H21N3O2/c27-22-9-13-26(20-7-3-2-6-17(20)22)21-15-19-16(8-10-24-19)14-18(21)23(28)25-11-4-1-5-12-25/h2-3,6-10,13-15,24H,1,4-5,11-12H2. The Hall–Kier alpha value is -3.34. The molecule has 0 atom stereocenters. The van der Waals surface area contributed by atoms with E-state index < -0.39 is 0 Å². The van der Waals surface area contributed by atoms with Crippen LogP contribution in [0.2, 0.25) is 0 Å². The molecule has 1 N–H and O–H groups in total. The van der Waals surface area contributed by atoms with Gasteiger partial charge in [-0.05, 0) is 49.6 Å². The van der Waals surface area contributed by atoms with Crippen molar-refractivity contribution in [3.8, 4) is 5.69 Å². The Kier molecular flexibility index (Phi) is 4.01. The van der Waals surface area contributed by atoms with Gasteiger partial charge in [-0.1, -0.05) is 12.1 Å². The number of aromatic nitrogens is 2. The molecule has 0 radical (unpaired) electrons. The van der Waals surface area contributed by atoms with Crippen LogP contribution in [0, 0.1) is 0 Å². The summed E-state index contributed by atoms with van der Waals surface area (Å²) in [5.41, 5.74) is 3.21. The number of rotatable bonds is 2. The maximum Gasteiger partial charge on any atom is 0.256 e. The topological polar surface area (TPSA) is 58.1 Å². The van der Waals surface area contributed by atoms with Gasteiger partial charge in [-0.25, -0.2) is 0 Å². The van der Waals surface area contributed by atoms with Crippen molar-refractivity contribution >= 4 is 27.7 Å². The van der Waals surface area contributed by atoms with E-state index in [1.807, 2.05) is 58.1 Å². The van der Waals surface area contributed by atoms with Gasteiger partial charge in [-0.2, -0.15) is 0 Å². The van der Waals surface area contributed by atoms with Gasteiger partial charge in [-0.3, -0.25) is 9.59 Å². The molecule has 1 saturated heterocycles. The Morgan fingerprint density at radius 2 is 1.79 bits per heavy atom. The molecule has 1 aliphatic rings. The number of nitrogens with zero attached hydrogens (tertiary/aromatic N) is 2. The maximum atomic E-state index is 13.4. The van der Waals surface area contributed by atoms with E-state index in [0.29, 0.717) is 10.9 Å². The number of carbonyl (C=O) groups is 1. The Bertz CT molecular complexity index is 1250. The van der Waals surface area contributed by atoms with E-state index in [9.17, 15) is 9.59 Å². The maximum absolute atomic E-state index is 13.4. The van der Waals surface area contributed by atoms with Gasteiger partial charge in [0.15, 0.2) is 5.43 Å². The summed E-state index contributed by atoms with van der Waals surface area (Å²) in [6, 6.07) is 15.0. The van der Waals surface area contributed by atoms with Crippen molar-refractivity contribution in [2.24, 2.45) is 0 Å². The average Bonchev–Trinajstić information content (AvgIpc) is 3.21. The van der Waals surface area contributed by atoms with Gasteiger partial charge in [0.05, 0.1) is 16.8 Å². The number of aromatic amines is 1. The predicted molar refractivity (Wildman–Crippen MR) is 111 cm³/mol. The number of piperidine rings is 1. The van der Waals surface area contributed by atoms with E-state index in [1.54, 1.807) is 12.3 Å². The van der Waals surface area contributed by atoms with Gasteiger partial charge < -0.3 is 14.5 Å². The first-order valence-electron chi connectivity index (χ1n) is 9.73. The molecule has 3 heterocycles. The number of carbonyl (C=O) groups excluding carboxylic acids is 1. The smallest absolute Gasteiger partial charge is 0.256 e. The zero-order chi connectivity index (χ0) is 19.1. The zero-order valence-corrected chi connectivity index (χ0v) is 15.5. The monoisotopic (exact) mass is 371 g/mol. The molecule has 2 aromatic heterocycles. The number of pyridine rings is 1. The number of benzene rings is 2. The van der Waals surface area contributed by atoms with Crippen LogP contribution < -0.4 is 5.43 Å². The van der Waals surface area contributed by atoms with E-state index in [4.69, 9.17) is 0 Å². The van der Waals surface area contributed by atoms with Crippen LogP contribution in [0.15, 0.2) is 65.7 Å². The minimum Gasteiger partial charge on any atom is -0.361 e. The van der Waals surface area contributed by atoms with Crippen LogP contribution in [-0.4, -0.2) is 33.4 Å². The number of hydrogen-bond acceptors (Lipinski definition) is 2. The summed E-state index contributed by atoms with van der Waals surface area (Å²) in [5, 5.41) is 1.66. The van der Waals surface area contributed by atoms with Crippen LogP contribution in [0.5, 0.6) is 0 Å². The molecule has 1 aliphatic heterocycles. The van der Waals surface area contributed by atoms with Gasteiger partial charge in [0.2, 0.25) is 0 Å². The molecule has 2 aromatic carbocycles. The molecule has 0 bridgehead atoms. The van der Waals surface area contributed by atoms with Gasteiger partial charge in [0.25, 0.3) is 5.91 Å². The Labute approximate surface area is 162 Å². The van der Waals surface area contributed by atoms with Crippen molar-refractivity contribution in [3.05, 3.63) is 76.7 Å². The highest BCUT2D eigenvalue weighted by molar-refractivity contribution is 6.02. The molecular formula is C23H21N3O2. The number of H-pyrrole nitrogens is 1. The molecule has 4 aromatic rings. The van der Waals surface area contributed by atoms with Crippen LogP contribution >= 0.6 is 0 Å². The molecule has 5 heteroatoms. The van der Waals surface area contributed by atoms with Gasteiger partial charge in [0.1, 0.15) is 0 Å². The Morgan fingerprint density at radius 3 is 2.64 bits per heavy atom. The Balaban J connectivity index is 1.76. The lowest BCUT2D eigenvalue weighted by Gasteiger charge is -2.28. The number of amides is 1. The molecule has 0 saturated carbocycles. The second-order valence-corrected chi connectivity index (χ2v) is 7.35. The normalized spacial score (nSPS) is 14.6. The lowest BCUT2D eigenvalue weighted by atomic mass is 10.0. The highest BCUT2D eigenvalue weighted by Crippen LogP contribution is 2.27. The molecule has 5 rings (SSSR count). The second-order valence-electron chi connectivity index (χ2n) is 7.35. The van der Waals surface area contributed by atoms with Crippen LogP contribution in [0.3, 0.4) is 0 Å². The first kappa shape index (κ1) is 16.8. The first-order chi connectivity index (χ1) is 13.7. The third-order valence-electron chi connectivity index (χ3n) is 5.61. The quantitative estimate of drug-likeness (QED) is 0.577. The summed E-state index contributed by atoms with van der Waals surface area (Å²) in [7, 11) is 0. The molecule has 0 aliphatic carbocycles. The van der Waals surface area contributed by atoms with Crippen LogP contribution in [0.4, 0.5) is 0 Å². The SMILES string of the molecule is O=C(c1cc2cc[nH]c2cc1-n1ccc(=O)c2ccccc21)N1CCCCC1. The van der Waals surface area contributed by atoms with E-state index in [2.05, 4.69) is 4.98 Å². The first-order valence-corrected chi connectivity index (χ1v) is 9.73. The average molecular weight is 371 g/mol. The predicted octanol–water partition coefficient (Wildman–Crippen LogP) is 4.10. The number of hydrogen-bond donors (Lipinski definition) is 1. The number of fused-ring (bicyclic) bond motifs is 2. The lowest BCUT2D eigenvalue weighted by Crippen LogP contribution is -2.36. The van der Waals surface area contributed by atoms with Crippen molar-refractivity contribution in [2.45, 2.75) is 19.3 Å². The largest absolute Gasteiger partial charge is 0.361 e. The van der Waals surface area contributed by atoms with E-state index >= 15 is 0 Å². The van der Waals surface area contributed by atoms with Gasteiger partial charge in [-0.15, -0.1) is 0 Å². The third-order valence-corrected chi connectivity index (χ3v) is 5.61. The van der Waals surface area contributed by atoms with Crippen LogP contribution in [0.1, 0.15) is 29.6 Å². The second kappa shape index (κ2) is 6.68. The van der Waals surface area contributed by atoms with Crippen molar-refractivity contribution in [1.82, 2.24) is 14.5 Å². The van der Waals surface area contributed by atoms with Crippen molar-refractivity contribution in [3.63, 3.8) is 0 Å². The summed E-state index contributed by atoms with van der Waals surface area (Å²) in [5.74, 6) is 0.0561. The number of likely N-dealkylation sites (tertiary alicyclic amines) is 1. The van der Waals surface area contributed by atoms with E-state index in [1.165, 1.54) is 6.42 Å². The lowest BCUT2D eigenvalue weighted by molar-refractivity contribution is 0.0724. The molecule has 5 nitrogen and oxygen atoms in total. The van der Waals surface area contributed by atoms with Crippen LogP contribution in [-0.2, 0) is 0 Å². The highest BCUT2D eigenvalue weighted by Gasteiger charge is 2.22. The van der Waals surface area contributed by atoms with Crippen molar-refractivity contribution in [2.75, 3.05) is 13.1 Å². The van der Waals surface area contributed by atoms with Crippen molar-refractivity contribution < 1.29 is 4.79 Å². The number of para-hydroxylation sites is 1. The molecule has 0 unspecified atom stereocenters. The minimum absolute atomic E-state index is 0.0169. The minimum atomic E-state index is -0.0169. The molecular weight excluding hydrogens is 350 g/mol. The highest BCUT2D eigenvalue weighted by atomic mass is 16.2. The fraction of sp³-hybridized carbons (Fsp3) is 0.217. The molecule has 1 fully saturated rings. The fourth-order valence-electron chi connectivity index (χ4n) is 4.14. The van der Waals surface area contributed by atoms with Crippen molar-refractivity contribution in [1.29, 1.82) is 0 Å². The van der Waals surface area contributed by atoms with Crippen LogP contribution in [0.25, 0.3) is 27.5 Å². The Morgan fingerprint density at radius 1 is 0.964 bits per heavy atom. The molecule has 140 valence electrons. The summed E-state index contributed by atoms with van der Waals surface area (Å²) >= 11 is 0. The fourth-order valence-corrected chi connectivity index (χ4v) is 4.14. The summed E-state index contributed by atoms with van der Waals surface area (Å²) in [6.07, 6.45) is 6.93. The molecule has 28 heavy (non-hydrogen) atoms. The zero-order valence-electron chi connectivity index (χ0n) is 15.5. The summed E-state index contributed by atoms with van der Waals surface area (Å²) in [6.45, 7) is 1.60. The summed E-state index contributed by atoms with van der Waals surface area (Å²) in [4.78, 5) is 30.9. The van der Waals surface area contributed by atoms with E-state index in [-0.39, 0.29) is 11.3 Å². The molecule has 0 spiro atoms. The van der Waals surface area contributed by atoms with Gasteiger partial charge in [0, 0.05) is 47.8 Å². The third kappa shape index (κ3) is 2.71. The molecule has 1 amide bonds. The number of nitrogens with one attached hydrogen (secondary N) is 1. The van der Waals surface area contributed by atoms with Gasteiger partial charge >= 0.3 is 0 Å². The van der Waals surface area contributed by atoms with E-state index in [0.717, 1.165) is 48.0 Å².